The van der Waals surface area contributed by atoms with Crippen LogP contribution in [0.1, 0.15) is 13.8 Å². The van der Waals surface area contributed by atoms with E-state index >= 15 is 0 Å². The molecule has 0 saturated heterocycles. The van der Waals surface area contributed by atoms with Gasteiger partial charge in [-0.1, -0.05) is 29.8 Å². The minimum atomic E-state index is -0.0976. The van der Waals surface area contributed by atoms with Crippen LogP contribution in [0.15, 0.2) is 12.7 Å². The second kappa shape index (κ2) is 5.43. The Morgan fingerprint density at radius 3 is 2.89 bits per heavy atom. The Morgan fingerprint density at radius 1 is 1.44 bits per heavy atom. The Morgan fingerprint density at radius 2 is 2.22 bits per heavy atom. The number of nitrogens with zero attached hydrogens (tertiary/aromatic N) is 4. The van der Waals surface area contributed by atoms with Gasteiger partial charge < -0.3 is 9.88 Å². The van der Waals surface area contributed by atoms with Crippen molar-refractivity contribution in [2.45, 2.75) is 20.4 Å². The standard InChI is InChI=1S/C11H14BrN5O/c1-7(2)11(18)16-9-8-10(14-5-13-9)17(4-3-12)6-15-8/h5-7H,3-4H2,1-2H3,(H,13,14,16,18). The molecular weight excluding hydrogens is 298 g/mol. The Balaban J connectivity index is 2.37. The van der Waals surface area contributed by atoms with E-state index in [0.717, 1.165) is 17.5 Å². The molecule has 0 aliphatic rings. The first-order valence-electron chi connectivity index (χ1n) is 5.66. The van der Waals surface area contributed by atoms with Gasteiger partial charge in [-0.05, 0) is 0 Å². The lowest BCUT2D eigenvalue weighted by Gasteiger charge is -2.07. The fourth-order valence-corrected chi connectivity index (χ4v) is 1.87. The summed E-state index contributed by atoms with van der Waals surface area (Å²) in [6, 6.07) is 0. The summed E-state index contributed by atoms with van der Waals surface area (Å²) in [6.07, 6.45) is 3.14. The average molecular weight is 312 g/mol. The predicted molar refractivity (Wildman–Crippen MR) is 72.6 cm³/mol. The Kier molecular flexibility index (Phi) is 3.90. The number of imidazole rings is 1. The number of aromatic nitrogens is 4. The van der Waals surface area contributed by atoms with Crippen molar-refractivity contribution in [3.8, 4) is 0 Å². The first kappa shape index (κ1) is 12.9. The quantitative estimate of drug-likeness (QED) is 0.874. The molecule has 0 spiro atoms. The van der Waals surface area contributed by atoms with Gasteiger partial charge in [0, 0.05) is 17.8 Å². The Bertz CT molecular complexity index is 566. The minimum Gasteiger partial charge on any atom is -0.314 e. The van der Waals surface area contributed by atoms with Crippen LogP contribution in [0.4, 0.5) is 5.82 Å². The maximum atomic E-state index is 11.7. The van der Waals surface area contributed by atoms with Crippen molar-refractivity contribution in [3.05, 3.63) is 12.7 Å². The van der Waals surface area contributed by atoms with Crippen molar-refractivity contribution in [1.29, 1.82) is 0 Å². The molecule has 2 aromatic heterocycles. The van der Waals surface area contributed by atoms with Gasteiger partial charge in [0.05, 0.1) is 6.33 Å². The van der Waals surface area contributed by atoms with Gasteiger partial charge in [0.25, 0.3) is 0 Å². The van der Waals surface area contributed by atoms with Crippen molar-refractivity contribution >= 4 is 38.8 Å². The van der Waals surface area contributed by atoms with Gasteiger partial charge in [0.15, 0.2) is 17.0 Å². The predicted octanol–water partition coefficient (Wildman–Crippen LogP) is 1.82. The molecule has 0 radical (unpaired) electrons. The van der Waals surface area contributed by atoms with Crippen molar-refractivity contribution in [1.82, 2.24) is 19.5 Å². The van der Waals surface area contributed by atoms with E-state index in [4.69, 9.17) is 0 Å². The minimum absolute atomic E-state index is 0.0787. The van der Waals surface area contributed by atoms with Crippen LogP contribution >= 0.6 is 15.9 Å². The molecule has 6 nitrogen and oxygen atoms in total. The third-order valence-electron chi connectivity index (χ3n) is 2.49. The highest BCUT2D eigenvalue weighted by molar-refractivity contribution is 9.09. The van der Waals surface area contributed by atoms with E-state index in [1.807, 2.05) is 18.4 Å². The summed E-state index contributed by atoms with van der Waals surface area (Å²) in [6.45, 7) is 4.43. The van der Waals surface area contributed by atoms with E-state index in [0.29, 0.717) is 11.3 Å². The van der Waals surface area contributed by atoms with E-state index in [2.05, 4.69) is 36.2 Å². The third kappa shape index (κ3) is 2.50. The summed E-state index contributed by atoms with van der Waals surface area (Å²) in [4.78, 5) is 24.2. The van der Waals surface area contributed by atoms with Crippen molar-refractivity contribution < 1.29 is 4.79 Å². The number of carbonyl (C=O) groups excluding carboxylic acids is 1. The van der Waals surface area contributed by atoms with Crippen LogP contribution in [-0.4, -0.2) is 30.8 Å². The number of amides is 1. The van der Waals surface area contributed by atoms with Crippen molar-refractivity contribution in [2.24, 2.45) is 5.92 Å². The van der Waals surface area contributed by atoms with E-state index < -0.39 is 0 Å². The molecule has 1 N–H and O–H groups in total. The van der Waals surface area contributed by atoms with Crippen molar-refractivity contribution in [3.63, 3.8) is 0 Å². The molecule has 96 valence electrons. The molecule has 1 amide bonds. The summed E-state index contributed by atoms with van der Waals surface area (Å²) in [5.41, 5.74) is 1.34. The van der Waals surface area contributed by atoms with Crippen LogP contribution in [-0.2, 0) is 11.3 Å². The maximum absolute atomic E-state index is 11.7. The number of hydrogen-bond donors (Lipinski definition) is 1. The van der Waals surface area contributed by atoms with Crippen LogP contribution in [0.2, 0.25) is 0 Å². The summed E-state index contributed by atoms with van der Waals surface area (Å²) in [7, 11) is 0. The highest BCUT2D eigenvalue weighted by Crippen LogP contribution is 2.18. The Labute approximate surface area is 113 Å². The van der Waals surface area contributed by atoms with Gasteiger partial charge in [-0.3, -0.25) is 4.79 Å². The molecule has 0 atom stereocenters. The molecule has 2 heterocycles. The van der Waals surface area contributed by atoms with Gasteiger partial charge in [-0.15, -0.1) is 0 Å². The zero-order valence-corrected chi connectivity index (χ0v) is 11.8. The first-order valence-corrected chi connectivity index (χ1v) is 6.78. The van der Waals surface area contributed by atoms with Gasteiger partial charge in [-0.25, -0.2) is 15.0 Å². The topological polar surface area (TPSA) is 72.7 Å². The Hall–Kier alpha value is -1.50. The number of anilines is 1. The highest BCUT2D eigenvalue weighted by atomic mass is 79.9. The molecule has 0 aliphatic heterocycles. The molecule has 0 unspecified atom stereocenters. The number of rotatable bonds is 4. The molecule has 0 aliphatic carbocycles. The lowest BCUT2D eigenvalue weighted by molar-refractivity contribution is -0.118. The zero-order chi connectivity index (χ0) is 13.1. The van der Waals surface area contributed by atoms with Crippen LogP contribution in [0, 0.1) is 5.92 Å². The van der Waals surface area contributed by atoms with Gasteiger partial charge in [0.1, 0.15) is 6.33 Å². The molecule has 18 heavy (non-hydrogen) atoms. The van der Waals surface area contributed by atoms with E-state index in [9.17, 15) is 4.79 Å². The van der Waals surface area contributed by atoms with E-state index in [-0.39, 0.29) is 11.8 Å². The monoisotopic (exact) mass is 311 g/mol. The number of fused-ring (bicyclic) bond motifs is 1. The smallest absolute Gasteiger partial charge is 0.228 e. The van der Waals surface area contributed by atoms with E-state index in [1.165, 1.54) is 6.33 Å². The second-order valence-corrected chi connectivity index (χ2v) is 4.96. The number of aryl methyl sites for hydroxylation is 1. The number of halogens is 1. The molecule has 0 aromatic carbocycles. The largest absolute Gasteiger partial charge is 0.314 e. The number of nitrogens with one attached hydrogen (secondary N) is 1. The number of carbonyl (C=O) groups is 1. The third-order valence-corrected chi connectivity index (χ3v) is 2.85. The normalized spacial score (nSPS) is 11.1. The molecule has 0 fully saturated rings. The molecule has 2 rings (SSSR count). The lowest BCUT2D eigenvalue weighted by Crippen LogP contribution is -2.18. The number of hydrogen-bond acceptors (Lipinski definition) is 4. The highest BCUT2D eigenvalue weighted by Gasteiger charge is 2.13. The fourth-order valence-electron chi connectivity index (χ4n) is 1.49. The number of alkyl halides is 1. The molecule has 7 heteroatoms. The van der Waals surface area contributed by atoms with Crippen molar-refractivity contribution in [2.75, 3.05) is 10.6 Å². The fraction of sp³-hybridized carbons (Fsp3) is 0.455. The average Bonchev–Trinajstić information content (AvgIpc) is 2.74. The summed E-state index contributed by atoms with van der Waals surface area (Å²) >= 11 is 3.37. The van der Waals surface area contributed by atoms with Crippen LogP contribution in [0.5, 0.6) is 0 Å². The molecule has 0 bridgehead atoms. The van der Waals surface area contributed by atoms with Gasteiger partial charge in [0.2, 0.25) is 5.91 Å². The molecule has 0 saturated carbocycles. The van der Waals surface area contributed by atoms with Gasteiger partial charge >= 0.3 is 0 Å². The zero-order valence-electron chi connectivity index (χ0n) is 10.2. The van der Waals surface area contributed by atoms with Gasteiger partial charge in [-0.2, -0.15) is 0 Å². The first-order chi connectivity index (χ1) is 8.63. The van der Waals surface area contributed by atoms with Crippen LogP contribution in [0.25, 0.3) is 11.2 Å². The molecule has 2 aromatic rings. The summed E-state index contributed by atoms with van der Waals surface area (Å²) in [5.74, 6) is 0.289. The van der Waals surface area contributed by atoms with Crippen LogP contribution in [0.3, 0.4) is 0 Å². The SMILES string of the molecule is CC(C)C(=O)Nc1ncnc2c1ncn2CCBr. The van der Waals surface area contributed by atoms with E-state index in [1.54, 1.807) is 6.33 Å². The summed E-state index contributed by atoms with van der Waals surface area (Å²) in [5, 5.41) is 3.58. The maximum Gasteiger partial charge on any atom is 0.228 e. The molecular formula is C11H14BrN5O. The van der Waals surface area contributed by atoms with Crippen LogP contribution < -0.4 is 5.32 Å². The lowest BCUT2D eigenvalue weighted by atomic mass is 10.2. The summed E-state index contributed by atoms with van der Waals surface area (Å²) < 4.78 is 1.91. The second-order valence-electron chi connectivity index (χ2n) is 4.17.